The van der Waals surface area contributed by atoms with E-state index >= 15 is 0 Å². The van der Waals surface area contributed by atoms with Crippen molar-refractivity contribution in [1.82, 2.24) is 5.32 Å². The second-order valence-electron chi connectivity index (χ2n) is 3.81. The second-order valence-corrected chi connectivity index (χ2v) is 4.21. The van der Waals surface area contributed by atoms with Crippen LogP contribution in [-0.4, -0.2) is 24.7 Å². The zero-order valence-electron chi connectivity index (χ0n) is 10.4. The number of aryl methyl sites for hydroxylation is 1. The lowest BCUT2D eigenvalue weighted by Crippen LogP contribution is -2.41. The maximum absolute atomic E-state index is 12.6. The molecule has 1 aromatic carbocycles. The van der Waals surface area contributed by atoms with Gasteiger partial charge < -0.3 is 11.1 Å². The Morgan fingerprint density at radius 2 is 2.15 bits per heavy atom. The smallest absolute Gasteiger partial charge is 0.369 e. The highest BCUT2D eigenvalue weighted by atomic mass is 35.5. The lowest BCUT2D eigenvalue weighted by Gasteiger charge is -2.12. The molecule has 0 aliphatic heterocycles. The lowest BCUT2D eigenvalue weighted by molar-refractivity contribution is -0.0132. The number of carbonyl (C=O) groups is 1. The fourth-order valence-electron chi connectivity index (χ4n) is 1.29. The number of halogens is 4. The summed E-state index contributed by atoms with van der Waals surface area (Å²) < 4.78 is 37.0. The highest BCUT2D eigenvalue weighted by molar-refractivity contribution is 6.34. The first-order chi connectivity index (χ1) is 9.25. The van der Waals surface area contributed by atoms with Crippen molar-refractivity contribution in [3.05, 3.63) is 28.8 Å². The van der Waals surface area contributed by atoms with E-state index < -0.39 is 24.7 Å². The van der Waals surface area contributed by atoms with Crippen molar-refractivity contribution < 1.29 is 18.0 Å². The first-order valence-corrected chi connectivity index (χ1v) is 5.75. The number of aliphatic imine (C=N–C) groups is 1. The normalized spacial score (nSPS) is 12.2. The Kier molecular flexibility index (Phi) is 5.20. The number of hydrogen-bond donors (Lipinski definition) is 3. The first-order valence-electron chi connectivity index (χ1n) is 5.37. The molecule has 1 rings (SSSR count). The molecule has 0 aliphatic rings. The highest BCUT2D eigenvalue weighted by Gasteiger charge is 2.28. The molecule has 0 aromatic heterocycles. The molecule has 0 radical (unpaired) electrons. The van der Waals surface area contributed by atoms with Crippen molar-refractivity contribution in [1.29, 1.82) is 0 Å². The summed E-state index contributed by atoms with van der Waals surface area (Å²) in [4.78, 5) is 14.1. The molecule has 2 amide bonds. The standard InChI is InChI=1S/C11H12ClF3N4O/c1-6-3-2-4-7(12)8(6)17-10(20)18-9(16)19-11(14,15)5-13/h2-4H,5H2,1H3,(H4,16,17,18,19,20). The molecule has 0 saturated carbocycles. The van der Waals surface area contributed by atoms with Crippen LogP contribution in [0.3, 0.4) is 0 Å². The number of carbonyl (C=O) groups excluding carboxylic acids is 1. The summed E-state index contributed by atoms with van der Waals surface area (Å²) in [5.41, 5.74) is 6.03. The predicted molar refractivity (Wildman–Crippen MR) is 70.9 cm³/mol. The van der Waals surface area contributed by atoms with Gasteiger partial charge in [-0.05, 0) is 18.6 Å². The summed E-state index contributed by atoms with van der Waals surface area (Å²) >= 11 is 5.87. The Morgan fingerprint density at radius 3 is 2.70 bits per heavy atom. The number of urea groups is 1. The number of nitrogens with two attached hydrogens (primary N) is 1. The fraction of sp³-hybridized carbons (Fsp3) is 0.273. The third-order valence-corrected chi connectivity index (χ3v) is 2.46. The number of guanidine groups is 1. The largest absolute Gasteiger partial charge is 0.373 e. The van der Waals surface area contributed by atoms with Crippen LogP contribution in [-0.2, 0) is 0 Å². The quantitative estimate of drug-likeness (QED) is 0.456. The zero-order chi connectivity index (χ0) is 15.3. The molecule has 0 saturated heterocycles. The van der Waals surface area contributed by atoms with E-state index in [1.54, 1.807) is 25.1 Å². The Bertz CT molecular complexity index is 516. The minimum absolute atomic E-state index is 0.268. The molecule has 9 heteroatoms. The third-order valence-electron chi connectivity index (χ3n) is 2.15. The first kappa shape index (κ1) is 16.1. The van der Waals surface area contributed by atoms with Crippen molar-refractivity contribution in [2.75, 3.05) is 12.0 Å². The van der Waals surface area contributed by atoms with Crippen molar-refractivity contribution in [3.63, 3.8) is 0 Å². The predicted octanol–water partition coefficient (Wildman–Crippen LogP) is 2.65. The average Bonchev–Trinajstić information content (AvgIpc) is 2.33. The Morgan fingerprint density at radius 1 is 1.50 bits per heavy atom. The van der Waals surface area contributed by atoms with Crippen LogP contribution in [0.2, 0.25) is 5.02 Å². The monoisotopic (exact) mass is 308 g/mol. The van der Waals surface area contributed by atoms with Crippen LogP contribution in [0.5, 0.6) is 0 Å². The molecular formula is C11H12ClF3N4O. The molecule has 110 valence electrons. The molecule has 5 nitrogen and oxygen atoms in total. The number of rotatable bonds is 3. The highest BCUT2D eigenvalue weighted by Crippen LogP contribution is 2.24. The fourth-order valence-corrected chi connectivity index (χ4v) is 1.55. The number of hydrogen-bond acceptors (Lipinski definition) is 2. The SMILES string of the molecule is Cc1cccc(Cl)c1NC(=O)N/C(N)=N/C(F)(F)CF. The summed E-state index contributed by atoms with van der Waals surface area (Å²) in [6, 6.07) is 0.0163. The summed E-state index contributed by atoms with van der Waals surface area (Å²) in [5.74, 6) is -0.908. The van der Waals surface area contributed by atoms with Crippen LogP contribution >= 0.6 is 11.6 Å². The van der Waals surface area contributed by atoms with Gasteiger partial charge >= 0.3 is 12.1 Å². The number of amides is 2. The van der Waals surface area contributed by atoms with Crippen LogP contribution in [0.1, 0.15) is 5.56 Å². The van der Waals surface area contributed by atoms with Gasteiger partial charge in [0.1, 0.15) is 0 Å². The summed E-state index contributed by atoms with van der Waals surface area (Å²) in [7, 11) is 0. The van der Waals surface area contributed by atoms with E-state index in [2.05, 4.69) is 10.3 Å². The second kappa shape index (κ2) is 6.47. The number of nitrogens with one attached hydrogen (secondary N) is 2. The van der Waals surface area contributed by atoms with Gasteiger partial charge in [-0.3, -0.25) is 5.32 Å². The third kappa shape index (κ3) is 4.61. The molecule has 0 bridgehead atoms. The van der Waals surface area contributed by atoms with Gasteiger partial charge in [0.15, 0.2) is 6.67 Å². The van der Waals surface area contributed by atoms with Crippen molar-refractivity contribution in [2.24, 2.45) is 10.7 Å². The minimum atomic E-state index is -3.97. The lowest BCUT2D eigenvalue weighted by atomic mass is 10.2. The molecule has 20 heavy (non-hydrogen) atoms. The van der Waals surface area contributed by atoms with Gasteiger partial charge in [0, 0.05) is 0 Å². The van der Waals surface area contributed by atoms with Crippen LogP contribution in [0.15, 0.2) is 23.2 Å². The van der Waals surface area contributed by atoms with Gasteiger partial charge in [-0.25, -0.2) is 9.18 Å². The number of benzene rings is 1. The molecule has 0 fully saturated rings. The van der Waals surface area contributed by atoms with E-state index in [9.17, 15) is 18.0 Å². The van der Waals surface area contributed by atoms with E-state index in [1.165, 1.54) is 0 Å². The number of para-hydroxylation sites is 1. The molecule has 0 heterocycles. The van der Waals surface area contributed by atoms with Crippen molar-refractivity contribution >= 4 is 29.3 Å². The Balaban J connectivity index is 2.74. The maximum atomic E-state index is 12.6. The average molecular weight is 309 g/mol. The molecule has 0 unspecified atom stereocenters. The van der Waals surface area contributed by atoms with Crippen LogP contribution in [0.4, 0.5) is 23.7 Å². The van der Waals surface area contributed by atoms with Crippen LogP contribution in [0, 0.1) is 6.92 Å². The maximum Gasteiger partial charge on any atom is 0.373 e. The zero-order valence-corrected chi connectivity index (χ0v) is 11.1. The van der Waals surface area contributed by atoms with Crippen LogP contribution in [0.25, 0.3) is 0 Å². The Hall–Kier alpha value is -1.96. The van der Waals surface area contributed by atoms with E-state index in [-0.39, 0.29) is 5.02 Å². The molecule has 4 N–H and O–H groups in total. The van der Waals surface area contributed by atoms with Gasteiger partial charge in [0.2, 0.25) is 5.96 Å². The van der Waals surface area contributed by atoms with Gasteiger partial charge in [0.05, 0.1) is 10.7 Å². The Labute approximate surface area is 118 Å². The summed E-state index contributed by atoms with van der Waals surface area (Å²) in [6.45, 7) is -0.323. The molecular weight excluding hydrogens is 297 g/mol. The van der Waals surface area contributed by atoms with E-state index in [1.807, 2.05) is 5.32 Å². The topological polar surface area (TPSA) is 79.5 Å². The van der Waals surface area contributed by atoms with Crippen molar-refractivity contribution in [2.45, 2.75) is 13.0 Å². The van der Waals surface area contributed by atoms with Crippen molar-refractivity contribution in [3.8, 4) is 0 Å². The van der Waals surface area contributed by atoms with E-state index in [0.29, 0.717) is 11.3 Å². The molecule has 0 spiro atoms. The van der Waals surface area contributed by atoms with Gasteiger partial charge in [-0.15, -0.1) is 0 Å². The number of anilines is 1. The number of alkyl halides is 3. The molecule has 1 aromatic rings. The summed E-state index contributed by atoms with van der Waals surface area (Å²) in [6.07, 6.45) is 0. The molecule has 0 aliphatic carbocycles. The van der Waals surface area contributed by atoms with E-state index in [4.69, 9.17) is 17.3 Å². The van der Waals surface area contributed by atoms with E-state index in [0.717, 1.165) is 0 Å². The van der Waals surface area contributed by atoms with Gasteiger partial charge in [0.25, 0.3) is 0 Å². The van der Waals surface area contributed by atoms with Gasteiger partial charge in [-0.1, -0.05) is 23.7 Å². The van der Waals surface area contributed by atoms with Crippen LogP contribution < -0.4 is 16.4 Å². The summed E-state index contributed by atoms with van der Waals surface area (Å²) in [5, 5.41) is 4.45. The molecule has 0 atom stereocenters. The van der Waals surface area contributed by atoms with Gasteiger partial charge in [-0.2, -0.15) is 13.8 Å². The number of nitrogens with zero attached hydrogens (tertiary/aromatic N) is 1. The minimum Gasteiger partial charge on any atom is -0.369 e.